The van der Waals surface area contributed by atoms with Crippen molar-refractivity contribution in [1.82, 2.24) is 4.31 Å². The Morgan fingerprint density at radius 2 is 1.73 bits per heavy atom. The third-order valence-corrected chi connectivity index (χ3v) is 7.08. The van der Waals surface area contributed by atoms with Crippen molar-refractivity contribution >= 4 is 32.6 Å². The number of hydrogen-bond donors (Lipinski definition) is 1. The third-order valence-electron chi connectivity index (χ3n) is 5.16. The van der Waals surface area contributed by atoms with Gasteiger partial charge < -0.3 is 9.73 Å². The largest absolute Gasteiger partial charge is 0.423 e. The van der Waals surface area contributed by atoms with E-state index in [0.717, 1.165) is 12.1 Å². The molecule has 0 bridgehead atoms. The highest BCUT2D eigenvalue weighted by Gasteiger charge is 2.32. The summed E-state index contributed by atoms with van der Waals surface area (Å²) in [4.78, 5) is 23.9. The summed E-state index contributed by atoms with van der Waals surface area (Å²) in [5.41, 5.74) is 0.559. The minimum Gasteiger partial charge on any atom is -0.423 e. The van der Waals surface area contributed by atoms with Crippen LogP contribution in [0.15, 0.2) is 68.7 Å². The van der Waals surface area contributed by atoms with Crippen LogP contribution in [-0.4, -0.2) is 31.7 Å². The number of carbonyl (C=O) groups excluding carboxylic acids is 1. The van der Waals surface area contributed by atoms with Gasteiger partial charge in [0.25, 0.3) is 0 Å². The number of benzene rings is 2. The molecule has 30 heavy (non-hydrogen) atoms. The molecule has 1 saturated heterocycles. The summed E-state index contributed by atoms with van der Waals surface area (Å²) in [6.07, 6.45) is 0.767. The average molecular weight is 430 g/mol. The van der Waals surface area contributed by atoms with E-state index >= 15 is 0 Å². The maximum atomic E-state index is 13.1. The lowest BCUT2D eigenvalue weighted by atomic mass is 9.97. The lowest BCUT2D eigenvalue weighted by molar-refractivity contribution is -0.120. The molecule has 2 heterocycles. The molecule has 3 aromatic rings. The average Bonchev–Trinajstić information content (AvgIpc) is 2.74. The highest BCUT2D eigenvalue weighted by Crippen LogP contribution is 2.26. The van der Waals surface area contributed by atoms with Crippen LogP contribution in [0.2, 0.25) is 0 Å². The number of fused-ring (bicyclic) bond motifs is 1. The molecule has 1 amide bonds. The molecule has 9 heteroatoms. The lowest BCUT2D eigenvalue weighted by Crippen LogP contribution is -2.41. The number of nitrogens with one attached hydrogen (secondary N) is 1. The molecule has 1 fully saturated rings. The van der Waals surface area contributed by atoms with E-state index in [0.29, 0.717) is 29.5 Å². The summed E-state index contributed by atoms with van der Waals surface area (Å²) in [5, 5.41) is 3.53. The summed E-state index contributed by atoms with van der Waals surface area (Å²) in [5.74, 6) is -1.01. The van der Waals surface area contributed by atoms with E-state index in [9.17, 15) is 22.4 Å². The third kappa shape index (κ3) is 4.12. The number of sulfonamides is 1. The first-order valence-electron chi connectivity index (χ1n) is 9.43. The van der Waals surface area contributed by atoms with Crippen LogP contribution in [0.1, 0.15) is 12.8 Å². The van der Waals surface area contributed by atoms with Crippen LogP contribution < -0.4 is 10.9 Å². The molecule has 0 saturated carbocycles. The van der Waals surface area contributed by atoms with Gasteiger partial charge in [0.05, 0.1) is 4.90 Å². The molecule has 1 aliphatic heterocycles. The molecule has 1 N–H and O–H groups in total. The first-order chi connectivity index (χ1) is 14.3. The van der Waals surface area contributed by atoms with Gasteiger partial charge in [-0.25, -0.2) is 17.6 Å². The highest BCUT2D eigenvalue weighted by atomic mass is 32.2. The van der Waals surface area contributed by atoms with E-state index in [4.69, 9.17) is 4.42 Å². The van der Waals surface area contributed by atoms with Crippen molar-refractivity contribution in [1.29, 1.82) is 0 Å². The Bertz CT molecular complexity index is 1250. The van der Waals surface area contributed by atoms with Crippen LogP contribution in [0.3, 0.4) is 0 Å². The van der Waals surface area contributed by atoms with Gasteiger partial charge in [-0.1, -0.05) is 0 Å². The zero-order valence-corrected chi connectivity index (χ0v) is 16.7. The number of halogens is 1. The monoisotopic (exact) mass is 430 g/mol. The van der Waals surface area contributed by atoms with Crippen molar-refractivity contribution in [3.05, 3.63) is 70.8 Å². The molecule has 1 aromatic heterocycles. The van der Waals surface area contributed by atoms with E-state index in [-0.39, 0.29) is 29.8 Å². The second-order valence-electron chi connectivity index (χ2n) is 7.13. The zero-order chi connectivity index (χ0) is 21.3. The topological polar surface area (TPSA) is 96.7 Å². The summed E-state index contributed by atoms with van der Waals surface area (Å²) in [6.45, 7) is 0.418. The van der Waals surface area contributed by atoms with E-state index in [2.05, 4.69) is 5.32 Å². The first kappa shape index (κ1) is 20.2. The molecular weight excluding hydrogens is 411 g/mol. The quantitative estimate of drug-likeness (QED) is 0.642. The Labute approximate surface area is 172 Å². The molecule has 0 radical (unpaired) electrons. The van der Waals surface area contributed by atoms with Crippen LogP contribution in [0.4, 0.5) is 10.1 Å². The van der Waals surface area contributed by atoms with Gasteiger partial charge in [0.1, 0.15) is 11.4 Å². The number of rotatable bonds is 4. The number of amides is 1. The van der Waals surface area contributed by atoms with Crippen LogP contribution in [-0.2, 0) is 14.8 Å². The van der Waals surface area contributed by atoms with Gasteiger partial charge in [0.15, 0.2) is 0 Å². The van der Waals surface area contributed by atoms with E-state index in [1.807, 2.05) is 0 Å². The van der Waals surface area contributed by atoms with Crippen LogP contribution in [0.25, 0.3) is 11.0 Å². The molecule has 156 valence electrons. The summed E-state index contributed by atoms with van der Waals surface area (Å²) in [6, 6.07) is 12.6. The van der Waals surface area contributed by atoms with E-state index < -0.39 is 21.5 Å². The van der Waals surface area contributed by atoms with Gasteiger partial charge in [-0.3, -0.25) is 4.79 Å². The number of anilines is 1. The fraction of sp³-hybridized carbons (Fsp3) is 0.238. The molecule has 2 aromatic carbocycles. The maximum Gasteiger partial charge on any atom is 0.336 e. The maximum absolute atomic E-state index is 13.1. The summed E-state index contributed by atoms with van der Waals surface area (Å²) in [7, 11) is -3.72. The highest BCUT2D eigenvalue weighted by molar-refractivity contribution is 7.89. The van der Waals surface area contributed by atoms with Crippen molar-refractivity contribution < 1.29 is 22.0 Å². The Morgan fingerprint density at radius 1 is 1.03 bits per heavy atom. The number of nitrogens with zero attached hydrogens (tertiary/aromatic N) is 1. The molecule has 0 unspecified atom stereocenters. The predicted octanol–water partition coefficient (Wildman–Crippen LogP) is 2.97. The second kappa shape index (κ2) is 8.00. The minimum absolute atomic E-state index is 0.0367. The SMILES string of the molecule is O=C(Nc1ccc2oc(=O)ccc2c1)C1CCN(S(=O)(=O)c2ccc(F)cc2)CC1. The Balaban J connectivity index is 1.40. The smallest absolute Gasteiger partial charge is 0.336 e. The number of hydrogen-bond acceptors (Lipinski definition) is 5. The van der Waals surface area contributed by atoms with Crippen LogP contribution in [0, 0.1) is 11.7 Å². The fourth-order valence-corrected chi connectivity index (χ4v) is 4.98. The Hall–Kier alpha value is -3.04. The van der Waals surface area contributed by atoms with Crippen molar-refractivity contribution in [2.24, 2.45) is 5.92 Å². The van der Waals surface area contributed by atoms with Crippen molar-refractivity contribution in [2.45, 2.75) is 17.7 Å². The van der Waals surface area contributed by atoms with Gasteiger partial charge in [-0.05, 0) is 61.4 Å². The summed E-state index contributed by atoms with van der Waals surface area (Å²) >= 11 is 0. The normalized spacial score (nSPS) is 15.9. The van der Waals surface area contributed by atoms with E-state index in [1.165, 1.54) is 22.5 Å². The molecule has 4 rings (SSSR count). The molecule has 0 atom stereocenters. The Morgan fingerprint density at radius 3 is 2.43 bits per heavy atom. The molecule has 1 aliphatic rings. The molecular formula is C21H19FN2O5S. The lowest BCUT2D eigenvalue weighted by Gasteiger charge is -2.30. The molecule has 0 spiro atoms. The predicted molar refractivity (Wildman–Crippen MR) is 109 cm³/mol. The number of piperidine rings is 1. The zero-order valence-electron chi connectivity index (χ0n) is 15.9. The van der Waals surface area contributed by atoms with Crippen molar-refractivity contribution in [3.63, 3.8) is 0 Å². The van der Waals surface area contributed by atoms with Gasteiger partial charge in [0.2, 0.25) is 15.9 Å². The number of carbonyl (C=O) groups is 1. The van der Waals surface area contributed by atoms with E-state index in [1.54, 1.807) is 24.3 Å². The summed E-state index contributed by atoms with van der Waals surface area (Å²) < 4.78 is 44.8. The molecule has 7 nitrogen and oxygen atoms in total. The minimum atomic E-state index is -3.72. The van der Waals surface area contributed by atoms with Gasteiger partial charge in [0, 0.05) is 36.1 Å². The Kier molecular flexibility index (Phi) is 5.40. The van der Waals surface area contributed by atoms with Crippen LogP contribution in [0.5, 0.6) is 0 Å². The van der Waals surface area contributed by atoms with Crippen LogP contribution >= 0.6 is 0 Å². The standard InChI is InChI=1S/C21H19FN2O5S/c22-16-2-5-18(6-3-16)30(27,28)24-11-9-14(10-12-24)21(26)23-17-4-7-19-15(13-17)1-8-20(25)29-19/h1-8,13-14H,9-12H2,(H,23,26). The van der Waals surface area contributed by atoms with Crippen molar-refractivity contribution in [3.8, 4) is 0 Å². The first-order valence-corrected chi connectivity index (χ1v) is 10.9. The van der Waals surface area contributed by atoms with Gasteiger partial charge in [-0.15, -0.1) is 0 Å². The van der Waals surface area contributed by atoms with Gasteiger partial charge in [-0.2, -0.15) is 4.31 Å². The fourth-order valence-electron chi connectivity index (χ4n) is 3.51. The van der Waals surface area contributed by atoms with Gasteiger partial charge >= 0.3 is 5.63 Å². The second-order valence-corrected chi connectivity index (χ2v) is 9.07. The molecule has 0 aliphatic carbocycles. The van der Waals surface area contributed by atoms with Crippen molar-refractivity contribution in [2.75, 3.05) is 18.4 Å².